The van der Waals surface area contributed by atoms with E-state index in [0.717, 1.165) is 23.0 Å². The molecule has 4 rings (SSSR count). The van der Waals surface area contributed by atoms with E-state index in [1.165, 1.54) is 33.9 Å². The third-order valence-corrected chi connectivity index (χ3v) is 5.09. The average Bonchev–Trinajstić information content (AvgIpc) is 3.15. The van der Waals surface area contributed by atoms with Gasteiger partial charge in [-0.3, -0.25) is 4.98 Å². The van der Waals surface area contributed by atoms with Gasteiger partial charge < -0.3 is 9.13 Å². The zero-order chi connectivity index (χ0) is 22.0. The molecular formula is C26H31LiN4. The molecule has 0 spiro atoms. The van der Waals surface area contributed by atoms with Gasteiger partial charge in [-0.15, -0.1) is 5.56 Å². The summed E-state index contributed by atoms with van der Waals surface area (Å²) >= 11 is 0. The summed E-state index contributed by atoms with van der Waals surface area (Å²) in [5.74, 6) is 1.98. The summed E-state index contributed by atoms with van der Waals surface area (Å²) in [6.07, 6.45) is 0. The van der Waals surface area contributed by atoms with Crippen molar-refractivity contribution in [3.8, 4) is 11.6 Å². The smallest absolute Gasteiger partial charge is 0.303 e. The van der Waals surface area contributed by atoms with Crippen LogP contribution in [0.25, 0.3) is 11.6 Å². The van der Waals surface area contributed by atoms with Crippen LogP contribution in [0.3, 0.4) is 0 Å². The standard InChI is InChI=1S/C13H16N2.C13H15N2.Li/c2*1-9-7-10(2)14-13(8-9)15-11(3)5-6-12(15)4;/h5-8H,1-4H3;5-8H,2H2,1,3-4H3;/q;-1;+1. The summed E-state index contributed by atoms with van der Waals surface area (Å²) in [6, 6.07) is 16.7. The van der Waals surface area contributed by atoms with E-state index < -0.39 is 0 Å². The second kappa shape index (κ2) is 10.1. The van der Waals surface area contributed by atoms with Gasteiger partial charge in [0.05, 0.1) is 0 Å². The van der Waals surface area contributed by atoms with Crippen LogP contribution in [0.5, 0.6) is 0 Å². The first kappa shape index (κ1) is 24.6. The molecule has 4 aromatic heterocycles. The Labute approximate surface area is 198 Å². The molecule has 0 saturated carbocycles. The molecule has 0 aliphatic rings. The summed E-state index contributed by atoms with van der Waals surface area (Å²) < 4.78 is 4.32. The second-order valence-electron chi connectivity index (χ2n) is 8.04. The molecule has 0 atom stereocenters. The van der Waals surface area contributed by atoms with Gasteiger partial charge in [0.15, 0.2) is 0 Å². The van der Waals surface area contributed by atoms with E-state index in [2.05, 4.69) is 110 Å². The van der Waals surface area contributed by atoms with Crippen molar-refractivity contribution in [1.29, 1.82) is 0 Å². The van der Waals surface area contributed by atoms with Crippen molar-refractivity contribution in [3.63, 3.8) is 0 Å². The van der Waals surface area contributed by atoms with Gasteiger partial charge in [-0.1, -0.05) is 12.6 Å². The van der Waals surface area contributed by atoms with Crippen LogP contribution in [0, 0.1) is 55.4 Å². The van der Waals surface area contributed by atoms with E-state index in [-0.39, 0.29) is 18.9 Å². The number of hydrogen-bond donors (Lipinski definition) is 0. The fourth-order valence-corrected chi connectivity index (χ4v) is 3.83. The van der Waals surface area contributed by atoms with E-state index >= 15 is 0 Å². The largest absolute Gasteiger partial charge is 1.00 e. The molecule has 4 aromatic rings. The minimum atomic E-state index is 0. The fraction of sp³-hybridized carbons (Fsp3) is 0.269. The summed E-state index contributed by atoms with van der Waals surface area (Å²) in [5, 5.41) is 0. The Morgan fingerprint density at radius 1 is 0.581 bits per heavy atom. The Bertz CT molecular complexity index is 1010. The summed E-state index contributed by atoms with van der Waals surface area (Å²) in [5.41, 5.74) is 9.18. The van der Waals surface area contributed by atoms with Gasteiger partial charge in [0.2, 0.25) is 0 Å². The van der Waals surface area contributed by atoms with Crippen LogP contribution in [0.2, 0.25) is 0 Å². The first-order valence-corrected chi connectivity index (χ1v) is 10.2. The first-order chi connectivity index (χ1) is 14.2. The summed E-state index contributed by atoms with van der Waals surface area (Å²) in [7, 11) is 0. The van der Waals surface area contributed by atoms with Crippen LogP contribution < -0.4 is 18.9 Å². The maximum atomic E-state index is 4.56. The fourth-order valence-electron chi connectivity index (χ4n) is 3.83. The van der Waals surface area contributed by atoms with Crippen LogP contribution in [0.15, 0.2) is 48.5 Å². The molecule has 31 heavy (non-hydrogen) atoms. The molecule has 0 N–H and O–H groups in total. The van der Waals surface area contributed by atoms with Crippen molar-refractivity contribution in [3.05, 3.63) is 101 Å². The van der Waals surface area contributed by atoms with E-state index in [9.17, 15) is 0 Å². The predicted octanol–water partition coefficient (Wildman–Crippen LogP) is 3.09. The molecule has 0 bridgehead atoms. The van der Waals surface area contributed by atoms with Gasteiger partial charge in [0.25, 0.3) is 0 Å². The molecule has 4 heterocycles. The van der Waals surface area contributed by atoms with Crippen molar-refractivity contribution >= 4 is 0 Å². The van der Waals surface area contributed by atoms with Crippen molar-refractivity contribution in [1.82, 2.24) is 19.1 Å². The average molecular weight is 407 g/mol. The zero-order valence-corrected chi connectivity index (χ0v) is 20.1. The molecule has 0 fully saturated rings. The molecule has 0 radical (unpaired) electrons. The Morgan fingerprint density at radius 2 is 0.968 bits per heavy atom. The molecule has 0 aliphatic carbocycles. The number of pyridine rings is 2. The monoisotopic (exact) mass is 406 g/mol. The van der Waals surface area contributed by atoms with E-state index in [1.54, 1.807) is 0 Å². The van der Waals surface area contributed by atoms with Gasteiger partial charge >= 0.3 is 18.9 Å². The number of rotatable bonds is 2. The third-order valence-electron chi connectivity index (χ3n) is 5.09. The van der Waals surface area contributed by atoms with Crippen LogP contribution >= 0.6 is 0 Å². The quantitative estimate of drug-likeness (QED) is 0.379. The molecule has 5 heteroatoms. The van der Waals surface area contributed by atoms with Crippen LogP contribution in [0.4, 0.5) is 0 Å². The van der Waals surface area contributed by atoms with Crippen molar-refractivity contribution in [2.45, 2.75) is 48.5 Å². The SMILES string of the molecule is Cc1cc(C)nc(-n2c(C)ccc2C)c1.[CH2-]c1cc(C)cc(-n2c(C)ccc2C)n1.[Li+]. The van der Waals surface area contributed by atoms with E-state index in [1.807, 2.05) is 13.0 Å². The minimum Gasteiger partial charge on any atom is -0.303 e. The molecule has 0 aliphatic heterocycles. The number of nitrogens with zero attached hydrogens (tertiary/aromatic N) is 4. The molecule has 156 valence electrons. The Balaban J connectivity index is 0.000000213. The van der Waals surface area contributed by atoms with Gasteiger partial charge in [-0.05, 0) is 89.6 Å². The second-order valence-corrected chi connectivity index (χ2v) is 8.04. The van der Waals surface area contributed by atoms with Gasteiger partial charge in [0, 0.05) is 28.5 Å². The number of aromatic nitrogens is 4. The number of aryl methyl sites for hydroxylation is 7. The molecule has 0 saturated heterocycles. The molecule has 4 nitrogen and oxygen atoms in total. The minimum absolute atomic E-state index is 0. The van der Waals surface area contributed by atoms with Crippen molar-refractivity contribution in [2.24, 2.45) is 0 Å². The van der Waals surface area contributed by atoms with Crippen molar-refractivity contribution < 1.29 is 18.9 Å². The van der Waals surface area contributed by atoms with Gasteiger partial charge in [-0.25, -0.2) is 11.9 Å². The molecular weight excluding hydrogens is 375 g/mol. The molecule has 0 amide bonds. The topological polar surface area (TPSA) is 35.6 Å². The van der Waals surface area contributed by atoms with Crippen molar-refractivity contribution in [2.75, 3.05) is 0 Å². The first-order valence-electron chi connectivity index (χ1n) is 10.2. The normalized spacial score (nSPS) is 10.3. The van der Waals surface area contributed by atoms with Gasteiger partial charge in [-0.2, -0.15) is 6.07 Å². The van der Waals surface area contributed by atoms with Crippen LogP contribution in [-0.4, -0.2) is 19.1 Å². The zero-order valence-electron chi connectivity index (χ0n) is 20.1. The summed E-state index contributed by atoms with van der Waals surface area (Å²) in [6.45, 7) is 18.5. The van der Waals surface area contributed by atoms with Crippen LogP contribution in [0.1, 0.15) is 45.3 Å². The van der Waals surface area contributed by atoms with Crippen LogP contribution in [-0.2, 0) is 0 Å². The molecule has 0 unspecified atom stereocenters. The van der Waals surface area contributed by atoms with Gasteiger partial charge in [0.1, 0.15) is 11.6 Å². The maximum absolute atomic E-state index is 4.56. The van der Waals surface area contributed by atoms with E-state index in [0.29, 0.717) is 0 Å². The Kier molecular flexibility index (Phi) is 8.01. The Morgan fingerprint density at radius 3 is 1.35 bits per heavy atom. The number of hydrogen-bond acceptors (Lipinski definition) is 2. The maximum Gasteiger partial charge on any atom is 1.00 e. The molecule has 0 aromatic carbocycles. The third kappa shape index (κ3) is 5.73. The Hall–Kier alpha value is -2.67. The van der Waals surface area contributed by atoms with E-state index in [4.69, 9.17) is 0 Å². The summed E-state index contributed by atoms with van der Waals surface area (Å²) in [4.78, 5) is 9.01. The predicted molar refractivity (Wildman–Crippen MR) is 125 cm³/mol.